The molecular formula is C13H15F2N. The largest absolute Gasteiger partial charge is 0.313 e. The van der Waals surface area contributed by atoms with E-state index in [0.29, 0.717) is 12.8 Å². The summed E-state index contributed by atoms with van der Waals surface area (Å²) < 4.78 is 27.0. The van der Waals surface area contributed by atoms with Crippen molar-refractivity contribution in [3.8, 4) is 11.8 Å². The van der Waals surface area contributed by atoms with Crippen LogP contribution < -0.4 is 5.32 Å². The molecule has 1 N–H and O–H groups in total. The first-order valence-electron chi connectivity index (χ1n) is 5.21. The lowest BCUT2D eigenvalue weighted by atomic mass is 10.0. The summed E-state index contributed by atoms with van der Waals surface area (Å²) in [6.45, 7) is 1.75. The van der Waals surface area contributed by atoms with Gasteiger partial charge in [0.15, 0.2) is 0 Å². The van der Waals surface area contributed by atoms with E-state index in [4.69, 9.17) is 0 Å². The van der Waals surface area contributed by atoms with E-state index in [-0.39, 0.29) is 11.6 Å². The van der Waals surface area contributed by atoms with Crippen molar-refractivity contribution in [2.24, 2.45) is 0 Å². The van der Waals surface area contributed by atoms with Gasteiger partial charge in [0.25, 0.3) is 0 Å². The zero-order valence-electron chi connectivity index (χ0n) is 9.48. The Kier molecular flexibility index (Phi) is 4.94. The molecule has 0 heterocycles. The molecule has 0 amide bonds. The van der Waals surface area contributed by atoms with Crippen LogP contribution in [0.15, 0.2) is 18.2 Å². The summed E-state index contributed by atoms with van der Waals surface area (Å²) in [6.07, 6.45) is 1.21. The maximum Gasteiger partial charge on any atom is 0.130 e. The standard InChI is InChI=1S/C13H15F2N/c1-3-4-5-9-12(16-2)13-10(14)7-6-8-11(13)15/h6-8,12,16H,5,9H2,1-2H3. The second-order valence-electron chi connectivity index (χ2n) is 3.44. The molecule has 0 aliphatic rings. The van der Waals surface area contributed by atoms with Crippen LogP contribution in [0.25, 0.3) is 0 Å². The van der Waals surface area contributed by atoms with Gasteiger partial charge in [-0.15, -0.1) is 11.8 Å². The number of hydrogen-bond acceptors (Lipinski definition) is 1. The number of nitrogens with one attached hydrogen (secondary N) is 1. The van der Waals surface area contributed by atoms with Gasteiger partial charge in [-0.25, -0.2) is 8.78 Å². The first-order valence-corrected chi connectivity index (χ1v) is 5.21. The van der Waals surface area contributed by atoms with Gasteiger partial charge in [0, 0.05) is 18.0 Å². The fraction of sp³-hybridized carbons (Fsp3) is 0.385. The molecule has 0 aliphatic carbocycles. The molecule has 1 aromatic rings. The summed E-state index contributed by atoms with van der Waals surface area (Å²) in [5.41, 5.74) is 0.0999. The molecule has 0 saturated carbocycles. The molecule has 1 unspecified atom stereocenters. The topological polar surface area (TPSA) is 12.0 Å². The highest BCUT2D eigenvalue weighted by molar-refractivity contribution is 5.23. The van der Waals surface area contributed by atoms with Crippen molar-refractivity contribution in [2.45, 2.75) is 25.8 Å². The van der Waals surface area contributed by atoms with Crippen LogP contribution in [-0.4, -0.2) is 7.05 Å². The quantitative estimate of drug-likeness (QED) is 0.774. The summed E-state index contributed by atoms with van der Waals surface area (Å²) in [5, 5.41) is 2.91. The Hall–Kier alpha value is -1.40. The predicted molar refractivity (Wildman–Crippen MR) is 60.8 cm³/mol. The van der Waals surface area contributed by atoms with Crippen LogP contribution in [0.2, 0.25) is 0 Å². The second kappa shape index (κ2) is 6.24. The smallest absolute Gasteiger partial charge is 0.130 e. The zero-order chi connectivity index (χ0) is 12.0. The first kappa shape index (κ1) is 12.7. The van der Waals surface area contributed by atoms with Gasteiger partial charge in [0.1, 0.15) is 11.6 Å². The molecule has 1 nitrogen and oxygen atoms in total. The Labute approximate surface area is 94.9 Å². The Bertz CT molecular complexity index is 384. The van der Waals surface area contributed by atoms with Crippen molar-refractivity contribution in [3.05, 3.63) is 35.4 Å². The summed E-state index contributed by atoms with van der Waals surface area (Å²) >= 11 is 0. The van der Waals surface area contributed by atoms with E-state index < -0.39 is 11.6 Å². The van der Waals surface area contributed by atoms with Crippen molar-refractivity contribution < 1.29 is 8.78 Å². The molecule has 86 valence electrons. The normalized spacial score (nSPS) is 11.8. The van der Waals surface area contributed by atoms with E-state index in [9.17, 15) is 8.78 Å². The van der Waals surface area contributed by atoms with Crippen molar-refractivity contribution in [1.82, 2.24) is 5.32 Å². The molecule has 16 heavy (non-hydrogen) atoms. The fourth-order valence-corrected chi connectivity index (χ4v) is 1.62. The van der Waals surface area contributed by atoms with Gasteiger partial charge in [-0.1, -0.05) is 6.07 Å². The van der Waals surface area contributed by atoms with Crippen LogP contribution in [0.5, 0.6) is 0 Å². The van der Waals surface area contributed by atoms with Gasteiger partial charge in [-0.05, 0) is 32.5 Å². The lowest BCUT2D eigenvalue weighted by Crippen LogP contribution is -2.19. The summed E-state index contributed by atoms with van der Waals surface area (Å²) in [6, 6.07) is 3.58. The van der Waals surface area contributed by atoms with Crippen LogP contribution >= 0.6 is 0 Å². The lowest BCUT2D eigenvalue weighted by molar-refractivity contribution is 0.475. The fourth-order valence-electron chi connectivity index (χ4n) is 1.62. The molecule has 0 aliphatic heterocycles. The molecule has 0 aromatic heterocycles. The van der Waals surface area contributed by atoms with Gasteiger partial charge in [0.2, 0.25) is 0 Å². The van der Waals surface area contributed by atoms with E-state index in [0.717, 1.165) is 0 Å². The summed E-state index contributed by atoms with van der Waals surface area (Å²) in [7, 11) is 1.69. The molecule has 1 aromatic carbocycles. The number of rotatable bonds is 4. The van der Waals surface area contributed by atoms with Crippen molar-refractivity contribution in [3.63, 3.8) is 0 Å². The van der Waals surface area contributed by atoms with Crippen LogP contribution in [0.4, 0.5) is 8.78 Å². The highest BCUT2D eigenvalue weighted by atomic mass is 19.1. The lowest BCUT2D eigenvalue weighted by Gasteiger charge is -2.16. The number of halogens is 2. The van der Waals surface area contributed by atoms with E-state index in [1.54, 1.807) is 14.0 Å². The minimum atomic E-state index is -0.510. The van der Waals surface area contributed by atoms with E-state index in [1.807, 2.05) is 0 Å². The van der Waals surface area contributed by atoms with Crippen LogP contribution in [-0.2, 0) is 0 Å². The number of benzene rings is 1. The van der Waals surface area contributed by atoms with Crippen molar-refractivity contribution in [2.75, 3.05) is 7.05 Å². The van der Waals surface area contributed by atoms with E-state index >= 15 is 0 Å². The van der Waals surface area contributed by atoms with Gasteiger partial charge in [-0.2, -0.15) is 0 Å². The molecular weight excluding hydrogens is 208 g/mol. The van der Waals surface area contributed by atoms with Crippen LogP contribution in [0.3, 0.4) is 0 Å². The molecule has 1 rings (SSSR count). The minimum absolute atomic E-state index is 0.0999. The van der Waals surface area contributed by atoms with Gasteiger partial charge in [-0.3, -0.25) is 0 Å². The third-order valence-corrected chi connectivity index (χ3v) is 2.43. The third-order valence-electron chi connectivity index (χ3n) is 2.43. The van der Waals surface area contributed by atoms with Crippen LogP contribution in [0.1, 0.15) is 31.4 Å². The maximum absolute atomic E-state index is 13.5. The Morgan fingerprint density at radius 1 is 1.31 bits per heavy atom. The molecule has 0 bridgehead atoms. The summed E-state index contributed by atoms with van der Waals surface area (Å²) in [4.78, 5) is 0. The van der Waals surface area contributed by atoms with Gasteiger partial charge >= 0.3 is 0 Å². The number of hydrogen-bond donors (Lipinski definition) is 1. The molecule has 0 radical (unpaired) electrons. The van der Waals surface area contributed by atoms with Gasteiger partial charge < -0.3 is 5.32 Å². The zero-order valence-corrected chi connectivity index (χ0v) is 9.48. The van der Waals surface area contributed by atoms with E-state index in [1.165, 1.54) is 18.2 Å². The second-order valence-corrected chi connectivity index (χ2v) is 3.44. The SMILES string of the molecule is CC#CCCC(NC)c1c(F)cccc1F. The average molecular weight is 223 g/mol. The first-order chi connectivity index (χ1) is 7.70. The molecule has 0 spiro atoms. The summed E-state index contributed by atoms with van der Waals surface area (Å²) in [5.74, 6) is 4.63. The maximum atomic E-state index is 13.5. The minimum Gasteiger partial charge on any atom is -0.313 e. The van der Waals surface area contributed by atoms with Gasteiger partial charge in [0.05, 0.1) is 0 Å². The Morgan fingerprint density at radius 3 is 2.44 bits per heavy atom. The molecule has 3 heteroatoms. The Balaban J connectivity index is 2.88. The highest BCUT2D eigenvalue weighted by Gasteiger charge is 2.17. The highest BCUT2D eigenvalue weighted by Crippen LogP contribution is 2.23. The average Bonchev–Trinajstić information content (AvgIpc) is 2.26. The monoisotopic (exact) mass is 223 g/mol. The molecule has 1 atom stereocenters. The van der Waals surface area contributed by atoms with Crippen LogP contribution in [0, 0.1) is 23.5 Å². The van der Waals surface area contributed by atoms with Crippen molar-refractivity contribution in [1.29, 1.82) is 0 Å². The molecule has 0 fully saturated rings. The van der Waals surface area contributed by atoms with E-state index in [2.05, 4.69) is 17.2 Å². The predicted octanol–water partition coefficient (Wildman–Crippen LogP) is 3.03. The third kappa shape index (κ3) is 3.04. The Morgan fingerprint density at radius 2 is 1.94 bits per heavy atom. The molecule has 0 saturated heterocycles. The van der Waals surface area contributed by atoms with Crippen molar-refractivity contribution >= 4 is 0 Å².